The molecule has 0 heterocycles. The van der Waals surface area contributed by atoms with E-state index in [0.29, 0.717) is 16.9 Å². The van der Waals surface area contributed by atoms with Gasteiger partial charge in [-0.3, -0.25) is 0 Å². The summed E-state index contributed by atoms with van der Waals surface area (Å²) < 4.78 is 5.22. The molecular formula is C17H12N2O3. The number of hydrogen-bond donors (Lipinski definition) is 2. The van der Waals surface area contributed by atoms with Crippen molar-refractivity contribution in [3.63, 3.8) is 0 Å². The number of phenols is 2. The molecule has 0 aliphatic heterocycles. The quantitative estimate of drug-likeness (QED) is 0.514. The Kier molecular flexibility index (Phi) is 4.31. The molecule has 0 radical (unpaired) electrons. The second-order valence-electron chi connectivity index (χ2n) is 4.38. The van der Waals surface area contributed by atoms with Crippen LogP contribution in [0, 0.1) is 22.7 Å². The Balaban J connectivity index is 2.72. The molecule has 0 fully saturated rings. The molecule has 0 aliphatic rings. The van der Waals surface area contributed by atoms with Crippen molar-refractivity contribution in [2.75, 3.05) is 7.11 Å². The zero-order valence-electron chi connectivity index (χ0n) is 11.7. The molecule has 0 amide bonds. The Morgan fingerprint density at radius 1 is 0.955 bits per heavy atom. The topological polar surface area (TPSA) is 97.3 Å². The molecule has 0 spiro atoms. The van der Waals surface area contributed by atoms with Crippen LogP contribution in [0.2, 0.25) is 0 Å². The van der Waals surface area contributed by atoms with Crippen molar-refractivity contribution < 1.29 is 14.9 Å². The Morgan fingerprint density at radius 2 is 1.64 bits per heavy atom. The lowest BCUT2D eigenvalue weighted by Crippen LogP contribution is -1.94. The summed E-state index contributed by atoms with van der Waals surface area (Å²) in [5.74, 6) is -0.186. The van der Waals surface area contributed by atoms with Crippen LogP contribution in [0.15, 0.2) is 42.5 Å². The molecule has 2 aromatic rings. The van der Waals surface area contributed by atoms with Gasteiger partial charge < -0.3 is 14.9 Å². The molecule has 0 aliphatic carbocycles. The molecule has 5 heteroatoms. The van der Waals surface area contributed by atoms with Crippen molar-refractivity contribution in [1.82, 2.24) is 0 Å². The third-order valence-corrected chi connectivity index (χ3v) is 3.11. The van der Waals surface area contributed by atoms with E-state index in [1.54, 1.807) is 24.3 Å². The van der Waals surface area contributed by atoms with E-state index in [2.05, 4.69) is 0 Å². The number of hydrogen-bond acceptors (Lipinski definition) is 5. The Hall–Kier alpha value is -3.44. The lowest BCUT2D eigenvalue weighted by Gasteiger charge is -2.09. The zero-order valence-corrected chi connectivity index (χ0v) is 11.7. The van der Waals surface area contributed by atoms with Crippen molar-refractivity contribution in [3.05, 3.63) is 53.6 Å². The fraction of sp³-hybridized carbons (Fsp3) is 0.0588. The van der Waals surface area contributed by atoms with Crippen LogP contribution >= 0.6 is 0 Å². The standard InChI is InChI=1S/C17H12N2O3/c1-22-17-5-3-2-4-12(17)14(10-19)13(9-18)11-6-7-15(20)16(21)8-11/h2-8,20-21H,1H3/b14-13-. The van der Waals surface area contributed by atoms with Gasteiger partial charge >= 0.3 is 0 Å². The highest BCUT2D eigenvalue weighted by Gasteiger charge is 2.16. The lowest BCUT2D eigenvalue weighted by molar-refractivity contribution is 0.403. The molecular weight excluding hydrogens is 280 g/mol. The summed E-state index contributed by atoms with van der Waals surface area (Å²) in [5.41, 5.74) is 1.03. The van der Waals surface area contributed by atoms with Gasteiger partial charge in [-0.15, -0.1) is 0 Å². The van der Waals surface area contributed by atoms with Crippen LogP contribution in [-0.2, 0) is 0 Å². The van der Waals surface area contributed by atoms with E-state index < -0.39 is 0 Å². The van der Waals surface area contributed by atoms with Crippen LogP contribution in [0.4, 0.5) is 0 Å². The summed E-state index contributed by atoms with van der Waals surface area (Å²) in [7, 11) is 1.48. The molecule has 0 saturated heterocycles. The van der Waals surface area contributed by atoms with Crippen LogP contribution in [0.1, 0.15) is 11.1 Å². The second-order valence-corrected chi connectivity index (χ2v) is 4.38. The average Bonchev–Trinajstić information content (AvgIpc) is 2.55. The Labute approximate surface area is 127 Å². The third-order valence-electron chi connectivity index (χ3n) is 3.11. The maximum Gasteiger partial charge on any atom is 0.158 e. The van der Waals surface area contributed by atoms with E-state index in [9.17, 15) is 20.7 Å². The first-order valence-electron chi connectivity index (χ1n) is 6.32. The van der Waals surface area contributed by atoms with Crippen molar-refractivity contribution >= 4 is 11.1 Å². The third kappa shape index (κ3) is 2.70. The number of aromatic hydroxyl groups is 2. The fourth-order valence-corrected chi connectivity index (χ4v) is 2.05. The first kappa shape index (κ1) is 15.0. The minimum Gasteiger partial charge on any atom is -0.504 e. The Bertz CT molecular complexity index is 827. The van der Waals surface area contributed by atoms with Gasteiger partial charge in [-0.25, -0.2) is 0 Å². The predicted octanol–water partition coefficient (Wildman–Crippen LogP) is 3.06. The number of nitrogens with zero attached hydrogens (tertiary/aromatic N) is 2. The van der Waals surface area contributed by atoms with Crippen LogP contribution in [-0.4, -0.2) is 17.3 Å². The van der Waals surface area contributed by atoms with Gasteiger partial charge in [-0.1, -0.05) is 12.1 Å². The number of nitriles is 2. The minimum atomic E-state index is -0.359. The molecule has 2 aromatic carbocycles. The smallest absolute Gasteiger partial charge is 0.158 e. The molecule has 0 bridgehead atoms. The molecule has 0 aromatic heterocycles. The van der Waals surface area contributed by atoms with Gasteiger partial charge in [0, 0.05) is 5.56 Å². The van der Waals surface area contributed by atoms with Crippen LogP contribution in [0.3, 0.4) is 0 Å². The average molecular weight is 292 g/mol. The summed E-state index contributed by atoms with van der Waals surface area (Å²) in [4.78, 5) is 0. The number of phenolic OH excluding ortho intramolecular Hbond substituents is 2. The van der Waals surface area contributed by atoms with Gasteiger partial charge in [0.25, 0.3) is 0 Å². The van der Waals surface area contributed by atoms with Crippen molar-refractivity contribution in [2.45, 2.75) is 0 Å². The molecule has 0 atom stereocenters. The summed E-state index contributed by atoms with van der Waals surface area (Å²) >= 11 is 0. The first-order valence-corrected chi connectivity index (χ1v) is 6.32. The van der Waals surface area contributed by atoms with Crippen molar-refractivity contribution in [1.29, 1.82) is 10.5 Å². The molecule has 5 nitrogen and oxygen atoms in total. The van der Waals surface area contributed by atoms with Gasteiger partial charge in [0.2, 0.25) is 0 Å². The van der Waals surface area contributed by atoms with Crippen LogP contribution in [0.25, 0.3) is 11.1 Å². The zero-order chi connectivity index (χ0) is 16.1. The van der Waals surface area contributed by atoms with E-state index >= 15 is 0 Å². The van der Waals surface area contributed by atoms with E-state index in [1.165, 1.54) is 25.3 Å². The SMILES string of the molecule is COc1ccccc1/C(C#N)=C(/C#N)c1ccc(O)c(O)c1. The fourth-order valence-electron chi connectivity index (χ4n) is 2.05. The number of methoxy groups -OCH3 is 1. The predicted molar refractivity (Wildman–Crippen MR) is 80.8 cm³/mol. The highest BCUT2D eigenvalue weighted by molar-refractivity contribution is 6.03. The Morgan fingerprint density at radius 3 is 2.23 bits per heavy atom. The van der Waals surface area contributed by atoms with Crippen LogP contribution in [0.5, 0.6) is 17.2 Å². The minimum absolute atomic E-state index is 0.0855. The molecule has 0 saturated carbocycles. The van der Waals surface area contributed by atoms with Gasteiger partial charge in [-0.2, -0.15) is 10.5 Å². The van der Waals surface area contributed by atoms with Crippen molar-refractivity contribution in [2.24, 2.45) is 0 Å². The lowest BCUT2D eigenvalue weighted by atomic mass is 9.95. The number of allylic oxidation sites excluding steroid dienone is 2. The number of benzene rings is 2. The molecule has 108 valence electrons. The monoisotopic (exact) mass is 292 g/mol. The van der Waals surface area contributed by atoms with E-state index in [-0.39, 0.29) is 22.6 Å². The van der Waals surface area contributed by atoms with Crippen LogP contribution < -0.4 is 4.74 Å². The van der Waals surface area contributed by atoms with Gasteiger partial charge in [0.15, 0.2) is 11.5 Å². The second kappa shape index (κ2) is 6.34. The maximum absolute atomic E-state index is 9.58. The van der Waals surface area contributed by atoms with E-state index in [0.717, 1.165) is 0 Å². The summed E-state index contributed by atoms with van der Waals surface area (Å²) in [6.45, 7) is 0. The summed E-state index contributed by atoms with van der Waals surface area (Å²) in [6, 6.07) is 14.8. The summed E-state index contributed by atoms with van der Waals surface area (Å²) in [6.07, 6.45) is 0. The highest BCUT2D eigenvalue weighted by Crippen LogP contribution is 2.34. The normalized spacial score (nSPS) is 11.0. The van der Waals surface area contributed by atoms with E-state index in [1.807, 2.05) is 12.1 Å². The highest BCUT2D eigenvalue weighted by atomic mass is 16.5. The van der Waals surface area contributed by atoms with Gasteiger partial charge in [-0.05, 0) is 35.9 Å². The molecule has 22 heavy (non-hydrogen) atoms. The maximum atomic E-state index is 9.58. The van der Waals surface area contributed by atoms with Gasteiger partial charge in [0.05, 0.1) is 18.3 Å². The van der Waals surface area contributed by atoms with Crippen molar-refractivity contribution in [3.8, 4) is 29.4 Å². The van der Waals surface area contributed by atoms with Gasteiger partial charge in [0.1, 0.15) is 17.9 Å². The summed E-state index contributed by atoms with van der Waals surface area (Å²) in [5, 5.41) is 37.8. The molecule has 2 rings (SSSR count). The molecule has 2 N–H and O–H groups in total. The first-order chi connectivity index (χ1) is 10.6. The molecule has 0 unspecified atom stereocenters. The number of rotatable bonds is 3. The largest absolute Gasteiger partial charge is 0.504 e. The number of para-hydroxylation sites is 1. The van der Waals surface area contributed by atoms with E-state index in [4.69, 9.17) is 4.74 Å². The number of ether oxygens (including phenoxy) is 1.